The highest BCUT2D eigenvalue weighted by Crippen LogP contribution is 2.42. The summed E-state index contributed by atoms with van der Waals surface area (Å²) in [5.74, 6) is 1.18. The summed E-state index contributed by atoms with van der Waals surface area (Å²) >= 11 is 0. The van der Waals surface area contributed by atoms with E-state index in [4.69, 9.17) is 10.5 Å². The maximum atomic E-state index is 5.99. The van der Waals surface area contributed by atoms with Gasteiger partial charge in [-0.1, -0.05) is 5.21 Å². The largest absolute Gasteiger partial charge is 0.381 e. The van der Waals surface area contributed by atoms with E-state index in [2.05, 4.69) is 24.2 Å². The van der Waals surface area contributed by atoms with Gasteiger partial charge in [0.2, 0.25) is 0 Å². The lowest BCUT2D eigenvalue weighted by atomic mass is 10.1. The zero-order valence-electron chi connectivity index (χ0n) is 10.5. The van der Waals surface area contributed by atoms with E-state index in [1.54, 1.807) is 0 Å². The van der Waals surface area contributed by atoms with E-state index >= 15 is 0 Å². The molecule has 17 heavy (non-hydrogen) atoms. The third-order valence-electron chi connectivity index (χ3n) is 3.70. The molecule has 2 aliphatic rings. The van der Waals surface area contributed by atoms with Crippen molar-refractivity contribution in [3.8, 4) is 0 Å². The first-order valence-electron chi connectivity index (χ1n) is 6.42. The fourth-order valence-electron chi connectivity index (χ4n) is 2.64. The molecule has 1 aliphatic carbocycles. The van der Waals surface area contributed by atoms with Gasteiger partial charge in [0.25, 0.3) is 0 Å². The van der Waals surface area contributed by atoms with E-state index in [0.29, 0.717) is 11.7 Å². The van der Waals surface area contributed by atoms with E-state index in [1.807, 2.05) is 4.68 Å². The Hall–Kier alpha value is -1.10. The average Bonchev–Trinajstić information content (AvgIpc) is 2.93. The van der Waals surface area contributed by atoms with Gasteiger partial charge in [-0.3, -0.25) is 0 Å². The third kappa shape index (κ3) is 2.16. The minimum Gasteiger partial charge on any atom is -0.381 e. The van der Waals surface area contributed by atoms with Crippen molar-refractivity contribution in [2.24, 2.45) is 0 Å². The summed E-state index contributed by atoms with van der Waals surface area (Å²) < 4.78 is 7.95. The Labute approximate surface area is 101 Å². The minimum atomic E-state index is 0.0105. The van der Waals surface area contributed by atoms with Gasteiger partial charge in [0.05, 0.1) is 23.9 Å². The summed E-state index contributed by atoms with van der Waals surface area (Å²) in [6.45, 7) is 5.08. The van der Waals surface area contributed by atoms with Crippen molar-refractivity contribution < 1.29 is 4.74 Å². The molecule has 0 amide bonds. The van der Waals surface area contributed by atoms with Crippen LogP contribution in [0.4, 0.5) is 5.82 Å². The summed E-state index contributed by atoms with van der Waals surface area (Å²) in [6, 6.07) is 0. The van der Waals surface area contributed by atoms with Crippen molar-refractivity contribution in [3.63, 3.8) is 0 Å². The summed E-state index contributed by atoms with van der Waals surface area (Å²) in [7, 11) is 0. The average molecular weight is 236 g/mol. The van der Waals surface area contributed by atoms with Crippen LogP contribution in [0.3, 0.4) is 0 Å². The van der Waals surface area contributed by atoms with Gasteiger partial charge in [-0.25, -0.2) is 4.68 Å². The first-order valence-corrected chi connectivity index (χ1v) is 6.42. The molecule has 1 saturated heterocycles. The van der Waals surface area contributed by atoms with Crippen LogP contribution >= 0.6 is 0 Å². The Morgan fingerprint density at radius 1 is 1.41 bits per heavy atom. The fraction of sp³-hybridized carbons (Fsp3) is 0.833. The number of ether oxygens (including phenoxy) is 1. The normalized spacial score (nSPS) is 27.5. The number of nitrogens with two attached hydrogens (primary N) is 1. The van der Waals surface area contributed by atoms with Gasteiger partial charge in [0.1, 0.15) is 0 Å². The molecule has 1 saturated carbocycles. The Morgan fingerprint density at radius 2 is 2.18 bits per heavy atom. The zero-order valence-corrected chi connectivity index (χ0v) is 10.5. The predicted octanol–water partition coefficient (Wildman–Crippen LogP) is 1.70. The van der Waals surface area contributed by atoms with E-state index in [-0.39, 0.29) is 11.7 Å². The molecule has 2 N–H and O–H groups in total. The van der Waals surface area contributed by atoms with E-state index < -0.39 is 0 Å². The van der Waals surface area contributed by atoms with Crippen LogP contribution in [0.5, 0.6) is 0 Å². The number of rotatable bonds is 3. The molecule has 1 unspecified atom stereocenters. The molecule has 2 fully saturated rings. The Morgan fingerprint density at radius 3 is 2.76 bits per heavy atom. The molecule has 0 aromatic carbocycles. The van der Waals surface area contributed by atoms with Gasteiger partial charge in [-0.15, -0.1) is 5.10 Å². The first kappa shape index (κ1) is 11.0. The lowest BCUT2D eigenvalue weighted by Gasteiger charge is -2.19. The second-order valence-electron chi connectivity index (χ2n) is 5.85. The van der Waals surface area contributed by atoms with Crippen molar-refractivity contribution in [1.29, 1.82) is 0 Å². The van der Waals surface area contributed by atoms with Gasteiger partial charge in [0.15, 0.2) is 5.82 Å². The molecule has 0 spiro atoms. The molecule has 5 nitrogen and oxygen atoms in total. The molecular weight excluding hydrogens is 216 g/mol. The van der Waals surface area contributed by atoms with Crippen LogP contribution in [0.1, 0.15) is 51.1 Å². The summed E-state index contributed by atoms with van der Waals surface area (Å²) in [5, 5.41) is 8.14. The van der Waals surface area contributed by atoms with Gasteiger partial charge in [0, 0.05) is 5.92 Å². The van der Waals surface area contributed by atoms with Crippen LogP contribution in [-0.4, -0.2) is 26.7 Å². The number of nitrogen functional groups attached to an aromatic ring is 1. The van der Waals surface area contributed by atoms with E-state index in [9.17, 15) is 0 Å². The first-order chi connectivity index (χ1) is 8.05. The van der Waals surface area contributed by atoms with Gasteiger partial charge >= 0.3 is 0 Å². The maximum absolute atomic E-state index is 5.99. The Bertz CT molecular complexity index is 422. The molecule has 1 aromatic rings. The van der Waals surface area contributed by atoms with Gasteiger partial charge in [-0.05, 0) is 39.5 Å². The number of hydrogen-bond acceptors (Lipinski definition) is 4. The van der Waals surface area contributed by atoms with Crippen LogP contribution in [-0.2, 0) is 11.3 Å². The second-order valence-corrected chi connectivity index (χ2v) is 5.85. The molecule has 1 atom stereocenters. The lowest BCUT2D eigenvalue weighted by molar-refractivity contribution is -0.0234. The molecule has 1 aliphatic heterocycles. The molecule has 1 aromatic heterocycles. The number of hydrogen-bond donors (Lipinski definition) is 1. The SMILES string of the molecule is CC1(C)CCC(Cn2nnc(N)c2C2CC2)O1. The highest BCUT2D eigenvalue weighted by atomic mass is 16.5. The molecular formula is C12H20N4O. The highest BCUT2D eigenvalue weighted by molar-refractivity contribution is 5.38. The Balaban J connectivity index is 1.73. The quantitative estimate of drug-likeness (QED) is 0.867. The highest BCUT2D eigenvalue weighted by Gasteiger charge is 2.35. The van der Waals surface area contributed by atoms with Crippen molar-refractivity contribution in [2.75, 3.05) is 5.73 Å². The van der Waals surface area contributed by atoms with E-state index in [0.717, 1.165) is 25.1 Å². The predicted molar refractivity (Wildman–Crippen MR) is 64.6 cm³/mol. The second kappa shape index (κ2) is 3.70. The minimum absolute atomic E-state index is 0.0105. The molecule has 94 valence electrons. The van der Waals surface area contributed by atoms with Crippen LogP contribution in [0, 0.1) is 0 Å². The smallest absolute Gasteiger partial charge is 0.169 e. The van der Waals surface area contributed by atoms with Crippen LogP contribution in [0.15, 0.2) is 0 Å². The Kier molecular flexibility index (Phi) is 2.40. The van der Waals surface area contributed by atoms with Crippen molar-refractivity contribution >= 4 is 5.82 Å². The number of anilines is 1. The zero-order chi connectivity index (χ0) is 12.0. The van der Waals surface area contributed by atoms with Crippen molar-refractivity contribution in [2.45, 2.75) is 63.7 Å². The maximum Gasteiger partial charge on any atom is 0.169 e. The molecule has 3 rings (SSSR count). The molecule has 0 bridgehead atoms. The van der Waals surface area contributed by atoms with Gasteiger partial charge in [-0.2, -0.15) is 0 Å². The lowest BCUT2D eigenvalue weighted by Crippen LogP contribution is -2.24. The summed E-state index contributed by atoms with van der Waals surface area (Å²) in [6.07, 6.45) is 4.89. The molecule has 0 radical (unpaired) electrons. The van der Waals surface area contributed by atoms with Crippen LogP contribution in [0.25, 0.3) is 0 Å². The molecule has 2 heterocycles. The van der Waals surface area contributed by atoms with Crippen molar-refractivity contribution in [3.05, 3.63) is 5.69 Å². The summed E-state index contributed by atoms with van der Waals surface area (Å²) in [4.78, 5) is 0. The molecule has 5 heteroatoms. The topological polar surface area (TPSA) is 66.0 Å². The monoisotopic (exact) mass is 236 g/mol. The third-order valence-corrected chi connectivity index (χ3v) is 3.70. The number of nitrogens with zero attached hydrogens (tertiary/aromatic N) is 3. The van der Waals surface area contributed by atoms with E-state index in [1.165, 1.54) is 12.8 Å². The van der Waals surface area contributed by atoms with Crippen molar-refractivity contribution in [1.82, 2.24) is 15.0 Å². The standard InChI is InChI=1S/C12H20N4O/c1-12(2)6-5-9(17-12)7-16-10(8-3-4-8)11(13)14-15-16/h8-9H,3-7,13H2,1-2H3. The number of aromatic nitrogens is 3. The summed E-state index contributed by atoms with van der Waals surface area (Å²) in [5.41, 5.74) is 7.01. The van der Waals surface area contributed by atoms with Crippen LogP contribution < -0.4 is 5.73 Å². The fourth-order valence-corrected chi connectivity index (χ4v) is 2.64. The van der Waals surface area contributed by atoms with Gasteiger partial charge < -0.3 is 10.5 Å². The van der Waals surface area contributed by atoms with Crippen LogP contribution in [0.2, 0.25) is 0 Å².